The van der Waals surface area contributed by atoms with Crippen molar-refractivity contribution >= 4 is 5.69 Å². The lowest BCUT2D eigenvalue weighted by Crippen LogP contribution is -2.10. The first kappa shape index (κ1) is 13.9. The van der Waals surface area contributed by atoms with Crippen molar-refractivity contribution in [3.05, 3.63) is 23.8 Å². The molecule has 6 nitrogen and oxygen atoms in total. The van der Waals surface area contributed by atoms with Crippen LogP contribution in [0.2, 0.25) is 0 Å². The molecule has 2 heterocycles. The van der Waals surface area contributed by atoms with E-state index in [4.69, 9.17) is 10.5 Å². The van der Waals surface area contributed by atoms with Crippen LogP contribution >= 0.6 is 0 Å². The van der Waals surface area contributed by atoms with Gasteiger partial charge >= 0.3 is 0 Å². The van der Waals surface area contributed by atoms with Gasteiger partial charge in [0.25, 0.3) is 0 Å². The highest BCUT2D eigenvalue weighted by atomic mass is 19.2. The molecule has 0 saturated carbocycles. The largest absolute Gasteiger partial charge is 0.398 e. The smallest absolute Gasteiger partial charge is 0.184 e. The molecular formula is C13H15F2N5O. The van der Waals surface area contributed by atoms with Crippen molar-refractivity contribution in [1.82, 2.24) is 20.2 Å². The number of halogens is 2. The minimum absolute atomic E-state index is 0.106. The summed E-state index contributed by atoms with van der Waals surface area (Å²) < 4.78 is 33.4. The number of hydrogen-bond acceptors (Lipinski definition) is 5. The third kappa shape index (κ3) is 2.85. The van der Waals surface area contributed by atoms with Crippen LogP contribution in [0.4, 0.5) is 14.5 Å². The molecule has 0 aliphatic carbocycles. The van der Waals surface area contributed by atoms with Gasteiger partial charge in [0.05, 0.1) is 0 Å². The zero-order valence-electron chi connectivity index (χ0n) is 11.3. The highest BCUT2D eigenvalue weighted by molar-refractivity contribution is 5.71. The van der Waals surface area contributed by atoms with Crippen LogP contribution in [-0.4, -0.2) is 33.4 Å². The molecule has 21 heavy (non-hydrogen) atoms. The Hall–Kier alpha value is -2.09. The summed E-state index contributed by atoms with van der Waals surface area (Å²) in [5.74, 6) is -1.15. The zero-order valence-corrected chi connectivity index (χ0v) is 11.3. The molecule has 2 N–H and O–H groups in total. The third-order valence-electron chi connectivity index (χ3n) is 3.64. The molecule has 0 radical (unpaired) electrons. The Morgan fingerprint density at radius 2 is 2.14 bits per heavy atom. The third-order valence-corrected chi connectivity index (χ3v) is 3.64. The average Bonchev–Trinajstić information content (AvgIpc) is 3.11. The van der Waals surface area contributed by atoms with Crippen molar-refractivity contribution < 1.29 is 13.5 Å². The fraction of sp³-hybridized carbons (Fsp3) is 0.462. The average molecular weight is 295 g/mol. The van der Waals surface area contributed by atoms with Crippen LogP contribution in [0, 0.1) is 17.6 Å². The molecule has 1 aliphatic rings. The van der Waals surface area contributed by atoms with Gasteiger partial charge in [-0.3, -0.25) is 0 Å². The van der Waals surface area contributed by atoms with E-state index in [9.17, 15) is 8.78 Å². The summed E-state index contributed by atoms with van der Waals surface area (Å²) in [5, 5.41) is 11.4. The lowest BCUT2D eigenvalue weighted by molar-refractivity contribution is 0.183. The topological polar surface area (TPSA) is 78.9 Å². The number of benzene rings is 1. The Balaban J connectivity index is 1.83. The number of tetrazole rings is 1. The molecule has 1 atom stereocenters. The number of nitrogens with zero attached hydrogens (tertiary/aromatic N) is 4. The van der Waals surface area contributed by atoms with E-state index >= 15 is 0 Å². The van der Waals surface area contributed by atoms with E-state index in [0.29, 0.717) is 23.9 Å². The van der Waals surface area contributed by atoms with Crippen LogP contribution in [0.5, 0.6) is 0 Å². The minimum atomic E-state index is -0.988. The van der Waals surface area contributed by atoms with Gasteiger partial charge in [-0.2, -0.15) is 0 Å². The van der Waals surface area contributed by atoms with Crippen LogP contribution < -0.4 is 5.73 Å². The normalized spacial score (nSPS) is 18.3. The first-order chi connectivity index (χ1) is 10.1. The summed E-state index contributed by atoms with van der Waals surface area (Å²) in [6.45, 7) is 2.10. The number of nitrogens with two attached hydrogens (primary N) is 1. The van der Waals surface area contributed by atoms with E-state index in [2.05, 4.69) is 15.5 Å². The molecule has 0 bridgehead atoms. The fourth-order valence-electron chi connectivity index (χ4n) is 2.42. The summed E-state index contributed by atoms with van der Waals surface area (Å²) in [5.41, 5.74) is 6.13. The molecule has 1 fully saturated rings. The number of aromatic nitrogens is 4. The first-order valence-electron chi connectivity index (χ1n) is 6.74. The summed E-state index contributed by atoms with van der Waals surface area (Å²) in [4.78, 5) is 0. The van der Waals surface area contributed by atoms with Gasteiger partial charge in [-0.15, -0.1) is 5.10 Å². The summed E-state index contributed by atoms with van der Waals surface area (Å²) in [7, 11) is 0. The van der Waals surface area contributed by atoms with E-state index in [1.807, 2.05) is 0 Å². The molecule has 0 amide bonds. The maximum Gasteiger partial charge on any atom is 0.184 e. The Labute approximate surface area is 119 Å². The van der Waals surface area contributed by atoms with Gasteiger partial charge < -0.3 is 10.5 Å². The number of aryl methyl sites for hydroxylation is 1. The molecule has 112 valence electrons. The highest BCUT2D eigenvalue weighted by Crippen LogP contribution is 2.27. The number of nitrogen functional groups attached to an aromatic ring is 1. The highest BCUT2D eigenvalue weighted by Gasteiger charge is 2.19. The van der Waals surface area contributed by atoms with Crippen molar-refractivity contribution in [2.45, 2.75) is 19.4 Å². The zero-order chi connectivity index (χ0) is 14.8. The molecule has 1 aromatic heterocycles. The molecular weight excluding hydrogens is 280 g/mol. The first-order valence-corrected chi connectivity index (χ1v) is 6.74. The minimum Gasteiger partial charge on any atom is -0.398 e. The van der Waals surface area contributed by atoms with Gasteiger partial charge in [0.2, 0.25) is 0 Å². The van der Waals surface area contributed by atoms with Crippen LogP contribution in [0.1, 0.15) is 12.8 Å². The lowest BCUT2D eigenvalue weighted by atomic mass is 10.1. The second-order valence-electron chi connectivity index (χ2n) is 5.10. The molecule has 1 aliphatic heterocycles. The quantitative estimate of drug-likeness (QED) is 0.867. The van der Waals surface area contributed by atoms with Gasteiger partial charge in [0.15, 0.2) is 17.5 Å². The van der Waals surface area contributed by atoms with E-state index in [-0.39, 0.29) is 5.69 Å². The van der Waals surface area contributed by atoms with Crippen LogP contribution in [0.15, 0.2) is 12.1 Å². The van der Waals surface area contributed by atoms with Gasteiger partial charge in [-0.05, 0) is 35.3 Å². The maximum absolute atomic E-state index is 13.4. The van der Waals surface area contributed by atoms with Crippen molar-refractivity contribution in [2.75, 3.05) is 18.9 Å². The molecule has 3 rings (SSSR count). The van der Waals surface area contributed by atoms with E-state index in [1.54, 1.807) is 4.68 Å². The van der Waals surface area contributed by atoms with Crippen molar-refractivity contribution in [1.29, 1.82) is 0 Å². The fourth-order valence-corrected chi connectivity index (χ4v) is 2.42. The second-order valence-corrected chi connectivity index (χ2v) is 5.10. The Bertz CT molecular complexity index is 639. The number of rotatable bonds is 4. The predicted molar refractivity (Wildman–Crippen MR) is 71.1 cm³/mol. The monoisotopic (exact) mass is 295 g/mol. The van der Waals surface area contributed by atoms with Gasteiger partial charge in [-0.1, -0.05) is 0 Å². The van der Waals surface area contributed by atoms with Gasteiger partial charge in [0.1, 0.15) is 0 Å². The van der Waals surface area contributed by atoms with Gasteiger partial charge in [-0.25, -0.2) is 13.5 Å². The van der Waals surface area contributed by atoms with Gasteiger partial charge in [0, 0.05) is 37.1 Å². The molecule has 1 unspecified atom stereocenters. The predicted octanol–water partition coefficient (Wildman–Crippen LogP) is 1.63. The Kier molecular flexibility index (Phi) is 3.78. The standard InChI is InChI=1S/C13H15F2N5O/c14-10-5-9(12(16)6-11(10)15)13-17-18-19-20(13)3-1-8-2-4-21-7-8/h5-6,8H,1-4,7,16H2. The maximum atomic E-state index is 13.4. The van der Waals surface area contributed by atoms with Crippen LogP contribution in [0.3, 0.4) is 0 Å². The molecule has 1 saturated heterocycles. The SMILES string of the molecule is Nc1cc(F)c(F)cc1-c1nnnn1CCC1CCOC1. The number of hydrogen-bond donors (Lipinski definition) is 1. The van der Waals surface area contributed by atoms with Crippen molar-refractivity contribution in [3.8, 4) is 11.4 Å². The number of anilines is 1. The number of ether oxygens (including phenoxy) is 1. The van der Waals surface area contributed by atoms with E-state index < -0.39 is 11.6 Å². The molecule has 0 spiro atoms. The summed E-state index contributed by atoms with van der Waals surface area (Å²) >= 11 is 0. The van der Waals surface area contributed by atoms with E-state index in [1.165, 1.54) is 0 Å². The van der Waals surface area contributed by atoms with Crippen LogP contribution in [-0.2, 0) is 11.3 Å². The molecule has 2 aromatic rings. The molecule has 1 aromatic carbocycles. The van der Waals surface area contributed by atoms with Crippen molar-refractivity contribution in [2.24, 2.45) is 5.92 Å². The van der Waals surface area contributed by atoms with Crippen LogP contribution in [0.25, 0.3) is 11.4 Å². The molecule has 8 heteroatoms. The van der Waals surface area contributed by atoms with Crippen molar-refractivity contribution in [3.63, 3.8) is 0 Å². The summed E-state index contributed by atoms with van der Waals surface area (Å²) in [6.07, 6.45) is 1.88. The summed E-state index contributed by atoms with van der Waals surface area (Å²) in [6, 6.07) is 1.96. The lowest BCUT2D eigenvalue weighted by Gasteiger charge is -2.10. The van der Waals surface area contributed by atoms with E-state index in [0.717, 1.165) is 38.2 Å². The Morgan fingerprint density at radius 3 is 2.90 bits per heavy atom. The second kappa shape index (κ2) is 5.72. The Morgan fingerprint density at radius 1 is 1.33 bits per heavy atom.